The van der Waals surface area contributed by atoms with Crippen LogP contribution in [0.4, 0.5) is 5.69 Å². The maximum atomic E-state index is 11.3. The lowest BCUT2D eigenvalue weighted by atomic mass is 10.1. The van der Waals surface area contributed by atoms with Crippen molar-refractivity contribution >= 4 is 22.5 Å². The summed E-state index contributed by atoms with van der Waals surface area (Å²) in [6.07, 6.45) is 0. The number of hydrogen-bond acceptors (Lipinski definition) is 4. The van der Waals surface area contributed by atoms with Crippen molar-refractivity contribution in [3.8, 4) is 0 Å². The van der Waals surface area contributed by atoms with Crippen molar-refractivity contribution in [3.63, 3.8) is 0 Å². The summed E-state index contributed by atoms with van der Waals surface area (Å²) in [7, 11) is 0. The van der Waals surface area contributed by atoms with Gasteiger partial charge in [0.1, 0.15) is 0 Å². The number of amides is 1. The first-order valence-electron chi connectivity index (χ1n) is 5.41. The van der Waals surface area contributed by atoms with E-state index in [9.17, 15) is 4.79 Å². The van der Waals surface area contributed by atoms with E-state index in [1.165, 1.54) is 0 Å². The van der Waals surface area contributed by atoms with Gasteiger partial charge < -0.3 is 11.1 Å². The number of primary amides is 1. The van der Waals surface area contributed by atoms with Crippen molar-refractivity contribution in [2.24, 2.45) is 5.73 Å². The number of nitrogens with two attached hydrogens (primary N) is 1. The topological polar surface area (TPSA) is 80.9 Å². The van der Waals surface area contributed by atoms with Crippen molar-refractivity contribution in [2.75, 3.05) is 5.32 Å². The number of nitrogens with zero attached hydrogens (tertiary/aromatic N) is 2. The number of nitrogens with one attached hydrogen (secondary N) is 1. The Morgan fingerprint density at radius 1 is 1.29 bits per heavy atom. The molecule has 3 N–H and O–H groups in total. The zero-order chi connectivity index (χ0) is 12.4. The lowest BCUT2D eigenvalue weighted by Gasteiger charge is -2.14. The molecule has 0 aliphatic carbocycles. The van der Waals surface area contributed by atoms with Gasteiger partial charge in [0, 0.05) is 11.4 Å². The van der Waals surface area contributed by atoms with Gasteiger partial charge in [0.25, 0.3) is 5.91 Å². The van der Waals surface area contributed by atoms with E-state index >= 15 is 0 Å². The van der Waals surface area contributed by atoms with Crippen LogP contribution >= 0.6 is 0 Å². The number of fused-ring (bicyclic) bond motifs is 1. The number of aromatic nitrogens is 2. The molecule has 0 radical (unpaired) electrons. The van der Waals surface area contributed by atoms with E-state index in [4.69, 9.17) is 5.73 Å². The Labute approximate surface area is 99.0 Å². The Morgan fingerprint density at radius 3 is 2.65 bits per heavy atom. The number of carbonyl (C=O) groups excluding carboxylic acids is 1. The number of benzene rings is 1. The number of carbonyl (C=O) groups is 1. The molecule has 1 aromatic carbocycles. The second-order valence-corrected chi connectivity index (χ2v) is 4.10. The van der Waals surface area contributed by atoms with Crippen LogP contribution in [0.25, 0.3) is 10.9 Å². The first-order valence-corrected chi connectivity index (χ1v) is 5.41. The monoisotopic (exact) mass is 230 g/mol. The van der Waals surface area contributed by atoms with Gasteiger partial charge in [-0.25, -0.2) is 0 Å². The predicted molar refractivity (Wildman–Crippen MR) is 66.8 cm³/mol. The van der Waals surface area contributed by atoms with Crippen LogP contribution in [0.1, 0.15) is 24.3 Å². The second kappa shape index (κ2) is 4.37. The highest BCUT2D eigenvalue weighted by molar-refractivity contribution is 6.04. The summed E-state index contributed by atoms with van der Waals surface area (Å²) in [5.74, 6) is -0.577. The zero-order valence-corrected chi connectivity index (χ0v) is 9.77. The minimum Gasteiger partial charge on any atom is -0.380 e. The van der Waals surface area contributed by atoms with Crippen LogP contribution in [0.2, 0.25) is 0 Å². The van der Waals surface area contributed by atoms with Crippen molar-refractivity contribution in [1.29, 1.82) is 0 Å². The molecule has 2 rings (SSSR count). The van der Waals surface area contributed by atoms with Gasteiger partial charge in [-0.1, -0.05) is 18.2 Å². The number of rotatable bonds is 3. The van der Waals surface area contributed by atoms with Gasteiger partial charge in [-0.3, -0.25) is 4.79 Å². The molecule has 0 bridgehead atoms. The number of anilines is 1. The van der Waals surface area contributed by atoms with Gasteiger partial charge in [-0.15, -0.1) is 10.2 Å². The van der Waals surface area contributed by atoms with E-state index < -0.39 is 5.91 Å². The van der Waals surface area contributed by atoms with Crippen LogP contribution in [0, 0.1) is 0 Å². The summed E-state index contributed by atoms with van der Waals surface area (Å²) in [4.78, 5) is 11.3. The Balaban J connectivity index is 2.70. The van der Waals surface area contributed by atoms with Gasteiger partial charge >= 0.3 is 0 Å². The molecule has 5 heteroatoms. The smallest absolute Gasteiger partial charge is 0.271 e. The third kappa shape index (κ3) is 2.18. The third-order valence-electron chi connectivity index (χ3n) is 2.33. The molecule has 0 saturated heterocycles. The second-order valence-electron chi connectivity index (χ2n) is 4.10. The Bertz CT molecular complexity index is 565. The third-order valence-corrected chi connectivity index (χ3v) is 2.33. The average Bonchev–Trinajstić information content (AvgIpc) is 2.28. The summed E-state index contributed by atoms with van der Waals surface area (Å²) in [5, 5.41) is 11.9. The van der Waals surface area contributed by atoms with Crippen molar-refractivity contribution in [2.45, 2.75) is 19.9 Å². The van der Waals surface area contributed by atoms with Gasteiger partial charge in [0.05, 0.1) is 11.2 Å². The van der Waals surface area contributed by atoms with Gasteiger partial charge in [-0.2, -0.15) is 0 Å². The van der Waals surface area contributed by atoms with Crippen LogP contribution in [0.15, 0.2) is 24.3 Å². The fourth-order valence-electron chi connectivity index (χ4n) is 1.66. The van der Waals surface area contributed by atoms with E-state index in [0.29, 0.717) is 5.69 Å². The fourth-order valence-corrected chi connectivity index (χ4v) is 1.66. The summed E-state index contributed by atoms with van der Waals surface area (Å²) in [6, 6.07) is 7.68. The normalized spacial score (nSPS) is 10.8. The average molecular weight is 230 g/mol. The lowest BCUT2D eigenvalue weighted by molar-refractivity contribution is 0.0995. The number of hydrogen-bond donors (Lipinski definition) is 2. The summed E-state index contributed by atoms with van der Waals surface area (Å²) in [5.41, 5.74) is 6.87. The summed E-state index contributed by atoms with van der Waals surface area (Å²) < 4.78 is 0. The first-order chi connectivity index (χ1) is 8.09. The minimum absolute atomic E-state index is 0.178. The van der Waals surface area contributed by atoms with E-state index in [2.05, 4.69) is 15.5 Å². The van der Waals surface area contributed by atoms with Crippen LogP contribution in [0.5, 0.6) is 0 Å². The van der Waals surface area contributed by atoms with Crippen molar-refractivity contribution in [1.82, 2.24) is 10.2 Å². The first kappa shape index (κ1) is 11.3. The van der Waals surface area contributed by atoms with Crippen molar-refractivity contribution < 1.29 is 4.79 Å². The molecule has 0 spiro atoms. The zero-order valence-electron chi connectivity index (χ0n) is 9.77. The molecule has 0 aliphatic heterocycles. The molecule has 1 heterocycles. The van der Waals surface area contributed by atoms with Gasteiger partial charge in [-0.05, 0) is 19.9 Å². The SMILES string of the molecule is CC(C)Nc1c(C(N)=O)nnc2ccccc12. The van der Waals surface area contributed by atoms with Crippen LogP contribution in [-0.2, 0) is 0 Å². The molecule has 2 aromatic rings. The van der Waals surface area contributed by atoms with E-state index in [0.717, 1.165) is 10.9 Å². The molecule has 0 unspecified atom stereocenters. The maximum absolute atomic E-state index is 11.3. The fraction of sp³-hybridized carbons (Fsp3) is 0.250. The molecule has 1 amide bonds. The minimum atomic E-state index is -0.577. The highest BCUT2D eigenvalue weighted by atomic mass is 16.1. The highest BCUT2D eigenvalue weighted by Crippen LogP contribution is 2.24. The largest absolute Gasteiger partial charge is 0.380 e. The molecule has 88 valence electrons. The molecular formula is C12H14N4O. The molecule has 5 nitrogen and oxygen atoms in total. The quantitative estimate of drug-likeness (QED) is 0.838. The van der Waals surface area contributed by atoms with Crippen LogP contribution in [-0.4, -0.2) is 22.1 Å². The summed E-state index contributed by atoms with van der Waals surface area (Å²) in [6.45, 7) is 3.97. The van der Waals surface area contributed by atoms with Crippen LogP contribution in [0.3, 0.4) is 0 Å². The van der Waals surface area contributed by atoms with Gasteiger partial charge in [0.15, 0.2) is 5.69 Å². The lowest BCUT2D eigenvalue weighted by Crippen LogP contribution is -2.20. The Kier molecular flexibility index (Phi) is 2.91. The maximum Gasteiger partial charge on any atom is 0.271 e. The molecule has 1 aromatic heterocycles. The van der Waals surface area contributed by atoms with Gasteiger partial charge in [0.2, 0.25) is 0 Å². The predicted octanol–water partition coefficient (Wildman–Crippen LogP) is 1.55. The Hall–Kier alpha value is -2.17. The van der Waals surface area contributed by atoms with E-state index in [-0.39, 0.29) is 11.7 Å². The molecule has 0 saturated carbocycles. The molecule has 17 heavy (non-hydrogen) atoms. The standard InChI is InChI=1S/C12H14N4O/c1-7(2)14-10-8-5-3-4-6-9(8)15-16-11(10)12(13)17/h3-7H,1-2H3,(H2,13,17)(H,14,15). The molecular weight excluding hydrogens is 216 g/mol. The summed E-state index contributed by atoms with van der Waals surface area (Å²) >= 11 is 0. The Morgan fingerprint density at radius 2 is 2.00 bits per heavy atom. The molecule has 0 atom stereocenters. The van der Waals surface area contributed by atoms with Crippen LogP contribution < -0.4 is 11.1 Å². The van der Waals surface area contributed by atoms with Crippen molar-refractivity contribution in [3.05, 3.63) is 30.0 Å². The highest BCUT2D eigenvalue weighted by Gasteiger charge is 2.15. The van der Waals surface area contributed by atoms with E-state index in [1.807, 2.05) is 38.1 Å². The molecule has 0 aliphatic rings. The van der Waals surface area contributed by atoms with E-state index in [1.54, 1.807) is 0 Å². The molecule has 0 fully saturated rings.